The van der Waals surface area contributed by atoms with Gasteiger partial charge in [-0.1, -0.05) is 96.7 Å². The van der Waals surface area contributed by atoms with Crippen molar-refractivity contribution in [3.8, 4) is 33.4 Å². The summed E-state index contributed by atoms with van der Waals surface area (Å²) in [6.07, 6.45) is 0.804. The summed E-state index contributed by atoms with van der Waals surface area (Å²) in [6, 6.07) is 45.2. The average molecular weight is 542 g/mol. The molecule has 41 heavy (non-hydrogen) atoms. The monoisotopic (exact) mass is 541 g/mol. The van der Waals surface area contributed by atoms with Gasteiger partial charge in [0.25, 0.3) is 0 Å². The zero-order chi connectivity index (χ0) is 27.1. The minimum atomic E-state index is 0.162. The lowest BCUT2D eigenvalue weighted by Gasteiger charge is -2.32. The average Bonchev–Trinajstić information content (AvgIpc) is 3.54. The van der Waals surface area contributed by atoms with Gasteiger partial charge in [0.05, 0.1) is 11.4 Å². The molecule has 2 nitrogen and oxygen atoms in total. The summed E-state index contributed by atoms with van der Waals surface area (Å²) in [6.45, 7) is 0. The van der Waals surface area contributed by atoms with Crippen molar-refractivity contribution in [1.29, 1.82) is 0 Å². The van der Waals surface area contributed by atoms with Crippen LogP contribution in [0.3, 0.4) is 0 Å². The van der Waals surface area contributed by atoms with E-state index in [1.807, 2.05) is 30.0 Å². The normalized spacial score (nSPS) is 13.7. The Hall–Kier alpha value is -4.86. The van der Waals surface area contributed by atoms with E-state index >= 15 is 0 Å². The molecule has 0 bridgehead atoms. The van der Waals surface area contributed by atoms with Gasteiger partial charge < -0.3 is 4.90 Å². The second-order valence-corrected chi connectivity index (χ2v) is 11.9. The Bertz CT molecular complexity index is 2030. The van der Waals surface area contributed by atoms with E-state index in [2.05, 4.69) is 114 Å². The SMILES string of the molecule is O=C1c2ccccc2-c2ccc3c(c21)Cc1ccc(-c2ccc(N4c5ccccc5Sc5ccccc54)cc2)cc1-3. The number of carbonyl (C=O) groups is 1. The van der Waals surface area contributed by atoms with Crippen LogP contribution < -0.4 is 4.90 Å². The number of rotatable bonds is 2. The number of hydrogen-bond donors (Lipinski definition) is 0. The fourth-order valence-corrected chi connectivity index (χ4v) is 7.81. The summed E-state index contributed by atoms with van der Waals surface area (Å²) in [4.78, 5) is 18.3. The highest BCUT2D eigenvalue weighted by Crippen LogP contribution is 2.51. The highest BCUT2D eigenvalue weighted by molar-refractivity contribution is 7.99. The van der Waals surface area contributed by atoms with E-state index in [1.54, 1.807) is 0 Å². The molecule has 1 aliphatic heterocycles. The van der Waals surface area contributed by atoms with Crippen LogP contribution in [0.25, 0.3) is 33.4 Å². The predicted octanol–water partition coefficient (Wildman–Crippen LogP) is 10.1. The number of fused-ring (bicyclic) bond motifs is 9. The van der Waals surface area contributed by atoms with Gasteiger partial charge >= 0.3 is 0 Å². The molecule has 0 unspecified atom stereocenters. The maximum atomic E-state index is 13.4. The van der Waals surface area contributed by atoms with Crippen LogP contribution in [0.5, 0.6) is 0 Å². The summed E-state index contributed by atoms with van der Waals surface area (Å²) >= 11 is 1.83. The number of benzene rings is 6. The molecule has 0 radical (unpaired) electrons. The van der Waals surface area contributed by atoms with Crippen LogP contribution in [0.1, 0.15) is 27.0 Å². The number of anilines is 3. The topological polar surface area (TPSA) is 20.3 Å². The Morgan fingerprint density at radius 1 is 0.537 bits per heavy atom. The third-order valence-corrected chi connectivity index (χ3v) is 9.79. The molecule has 0 aromatic heterocycles. The first-order valence-electron chi connectivity index (χ1n) is 13.9. The van der Waals surface area contributed by atoms with E-state index in [-0.39, 0.29) is 5.78 Å². The van der Waals surface area contributed by atoms with Crippen LogP contribution in [-0.4, -0.2) is 5.78 Å². The lowest BCUT2D eigenvalue weighted by molar-refractivity contribution is 0.104. The summed E-state index contributed by atoms with van der Waals surface area (Å²) in [7, 11) is 0. The van der Waals surface area contributed by atoms with Crippen molar-refractivity contribution in [2.24, 2.45) is 0 Å². The summed E-state index contributed by atoms with van der Waals surface area (Å²) in [5, 5.41) is 0. The molecule has 0 saturated carbocycles. The first-order valence-corrected chi connectivity index (χ1v) is 14.8. The molecular formula is C38H23NOS. The molecule has 2 aliphatic carbocycles. The van der Waals surface area contributed by atoms with E-state index < -0.39 is 0 Å². The predicted molar refractivity (Wildman–Crippen MR) is 168 cm³/mol. The van der Waals surface area contributed by atoms with Crippen LogP contribution >= 0.6 is 11.8 Å². The molecule has 0 amide bonds. The van der Waals surface area contributed by atoms with Crippen LogP contribution in [0.4, 0.5) is 17.1 Å². The van der Waals surface area contributed by atoms with E-state index in [1.165, 1.54) is 54.5 Å². The Morgan fingerprint density at radius 2 is 1.17 bits per heavy atom. The lowest BCUT2D eigenvalue weighted by atomic mass is 9.95. The van der Waals surface area contributed by atoms with E-state index in [0.717, 1.165) is 34.4 Å². The second kappa shape index (κ2) is 8.57. The fourth-order valence-electron chi connectivity index (χ4n) is 6.76. The molecule has 0 N–H and O–H groups in total. The van der Waals surface area contributed by atoms with E-state index in [4.69, 9.17) is 0 Å². The molecule has 0 saturated heterocycles. The quantitative estimate of drug-likeness (QED) is 0.217. The van der Waals surface area contributed by atoms with Gasteiger partial charge in [0.2, 0.25) is 0 Å². The molecule has 0 spiro atoms. The van der Waals surface area contributed by atoms with E-state index in [9.17, 15) is 4.79 Å². The minimum absolute atomic E-state index is 0.162. The van der Waals surface area contributed by atoms with Crippen molar-refractivity contribution in [2.45, 2.75) is 16.2 Å². The summed E-state index contributed by atoms with van der Waals surface area (Å²) < 4.78 is 0. The molecule has 9 rings (SSSR count). The maximum Gasteiger partial charge on any atom is 0.194 e. The van der Waals surface area contributed by atoms with Crippen molar-refractivity contribution < 1.29 is 4.79 Å². The zero-order valence-electron chi connectivity index (χ0n) is 22.1. The lowest BCUT2D eigenvalue weighted by Crippen LogP contribution is -2.14. The van der Waals surface area contributed by atoms with Crippen molar-refractivity contribution in [2.75, 3.05) is 4.90 Å². The van der Waals surface area contributed by atoms with Crippen molar-refractivity contribution in [1.82, 2.24) is 0 Å². The first-order chi connectivity index (χ1) is 20.2. The van der Waals surface area contributed by atoms with Gasteiger partial charge in [0.15, 0.2) is 5.78 Å². The maximum absolute atomic E-state index is 13.4. The molecule has 6 aromatic carbocycles. The second-order valence-electron chi connectivity index (χ2n) is 10.9. The minimum Gasteiger partial charge on any atom is -0.308 e. The third kappa shape index (κ3) is 3.30. The molecule has 0 fully saturated rings. The molecule has 0 atom stereocenters. The van der Waals surface area contributed by atoms with Crippen LogP contribution in [0.2, 0.25) is 0 Å². The van der Waals surface area contributed by atoms with Gasteiger partial charge in [-0.25, -0.2) is 0 Å². The van der Waals surface area contributed by atoms with Gasteiger partial charge in [-0.2, -0.15) is 0 Å². The Balaban J connectivity index is 1.09. The number of nitrogens with zero attached hydrogens (tertiary/aromatic N) is 1. The highest BCUT2D eigenvalue weighted by Gasteiger charge is 2.33. The molecule has 192 valence electrons. The number of carbonyl (C=O) groups excluding carboxylic acids is 1. The van der Waals surface area contributed by atoms with Gasteiger partial charge in [0.1, 0.15) is 0 Å². The Labute approximate surface area is 242 Å². The smallest absolute Gasteiger partial charge is 0.194 e. The van der Waals surface area contributed by atoms with Gasteiger partial charge in [0, 0.05) is 26.6 Å². The van der Waals surface area contributed by atoms with Gasteiger partial charge in [-0.3, -0.25) is 4.79 Å². The molecular weight excluding hydrogens is 518 g/mol. The number of para-hydroxylation sites is 2. The Kier molecular flexibility index (Phi) is 4.79. The largest absolute Gasteiger partial charge is 0.308 e. The van der Waals surface area contributed by atoms with Gasteiger partial charge in [-0.05, 0) is 93.4 Å². The van der Waals surface area contributed by atoms with Crippen molar-refractivity contribution in [3.63, 3.8) is 0 Å². The zero-order valence-corrected chi connectivity index (χ0v) is 22.9. The molecule has 6 aromatic rings. The standard InChI is InChI=1S/C38H23NOS/c40-38-30-8-2-1-7-27(30)29-20-19-28-31-21-24(13-14-25(31)22-32(28)37(29)38)23-15-17-26(18-16-23)39-33-9-3-5-11-35(33)41-36-12-6-4-10-34(36)39/h1-21H,22H2. The van der Waals surface area contributed by atoms with Crippen LogP contribution in [0.15, 0.2) is 137 Å². The molecule has 1 heterocycles. The first kappa shape index (κ1) is 22.9. The number of hydrogen-bond acceptors (Lipinski definition) is 3. The Morgan fingerprint density at radius 3 is 1.93 bits per heavy atom. The number of ketones is 1. The van der Waals surface area contributed by atoms with Crippen LogP contribution in [0, 0.1) is 0 Å². The van der Waals surface area contributed by atoms with Crippen molar-refractivity contribution in [3.05, 3.63) is 150 Å². The summed E-state index contributed by atoms with van der Waals surface area (Å²) in [5.41, 5.74) is 14.7. The third-order valence-electron chi connectivity index (χ3n) is 8.66. The van der Waals surface area contributed by atoms with Gasteiger partial charge in [-0.15, -0.1) is 0 Å². The molecule has 3 aliphatic rings. The highest BCUT2D eigenvalue weighted by atomic mass is 32.2. The van der Waals surface area contributed by atoms with Crippen molar-refractivity contribution >= 4 is 34.6 Å². The van der Waals surface area contributed by atoms with E-state index in [0.29, 0.717) is 0 Å². The molecule has 3 heteroatoms. The van der Waals surface area contributed by atoms with Crippen LogP contribution in [-0.2, 0) is 6.42 Å². The summed E-state index contributed by atoms with van der Waals surface area (Å²) in [5.74, 6) is 0.162. The fraction of sp³-hybridized carbons (Fsp3) is 0.0263.